The third-order valence-electron chi connectivity index (χ3n) is 3.71. The van der Waals surface area contributed by atoms with E-state index in [1.807, 2.05) is 49.9 Å². The van der Waals surface area contributed by atoms with Gasteiger partial charge >= 0.3 is 0 Å². The van der Waals surface area contributed by atoms with Crippen LogP contribution < -0.4 is 5.32 Å². The first-order valence-electron chi connectivity index (χ1n) is 7.15. The number of carbonyl (C=O) groups excluding carboxylic acids is 1. The number of piperazine rings is 1. The minimum absolute atomic E-state index is 0.0293. The Morgan fingerprint density at radius 1 is 1.40 bits per heavy atom. The zero-order chi connectivity index (χ0) is 14.8. The van der Waals surface area contributed by atoms with Gasteiger partial charge in [-0.05, 0) is 11.1 Å². The highest BCUT2D eigenvalue weighted by molar-refractivity contribution is 5.81. The van der Waals surface area contributed by atoms with Crippen LogP contribution in [0.2, 0.25) is 0 Å². The molecule has 0 spiro atoms. The van der Waals surface area contributed by atoms with Gasteiger partial charge in [-0.25, -0.2) is 0 Å². The highest BCUT2D eigenvalue weighted by Crippen LogP contribution is 2.24. The topological polar surface area (TPSA) is 52.6 Å². The number of hydrogen-bond donors (Lipinski definition) is 2. The van der Waals surface area contributed by atoms with Crippen LogP contribution in [0.3, 0.4) is 0 Å². The summed E-state index contributed by atoms with van der Waals surface area (Å²) < 4.78 is 0. The molecule has 110 valence electrons. The van der Waals surface area contributed by atoms with Gasteiger partial charge in [-0.2, -0.15) is 0 Å². The third kappa shape index (κ3) is 3.19. The number of rotatable bonds is 2. The molecule has 4 heteroatoms. The zero-order valence-electron chi connectivity index (χ0n) is 12.5. The van der Waals surface area contributed by atoms with E-state index in [-0.39, 0.29) is 24.0 Å². The first-order valence-corrected chi connectivity index (χ1v) is 7.15. The first-order chi connectivity index (χ1) is 9.43. The molecule has 1 aromatic carbocycles. The number of nitrogens with zero attached hydrogens (tertiary/aromatic N) is 1. The molecule has 20 heavy (non-hydrogen) atoms. The predicted molar refractivity (Wildman–Crippen MR) is 79.1 cm³/mol. The quantitative estimate of drug-likeness (QED) is 0.864. The molecule has 1 unspecified atom stereocenters. The van der Waals surface area contributed by atoms with E-state index in [2.05, 4.69) is 5.32 Å². The lowest BCUT2D eigenvalue weighted by atomic mass is 9.93. The van der Waals surface area contributed by atoms with Crippen LogP contribution in [-0.2, 0) is 11.4 Å². The molecule has 2 N–H and O–H groups in total. The molecule has 1 atom stereocenters. The smallest absolute Gasteiger partial charge is 0.228 e. The lowest BCUT2D eigenvalue weighted by molar-refractivity contribution is -0.140. The Hall–Kier alpha value is -1.39. The number of nitrogens with one attached hydrogen (secondary N) is 1. The number of amides is 1. The van der Waals surface area contributed by atoms with E-state index >= 15 is 0 Å². The Morgan fingerprint density at radius 3 is 2.75 bits per heavy atom. The summed E-state index contributed by atoms with van der Waals surface area (Å²) >= 11 is 0. The molecule has 1 saturated heterocycles. The Morgan fingerprint density at radius 2 is 2.10 bits per heavy atom. The fourth-order valence-electron chi connectivity index (χ4n) is 2.64. The second kappa shape index (κ2) is 5.94. The molecule has 2 rings (SSSR count). The monoisotopic (exact) mass is 276 g/mol. The summed E-state index contributed by atoms with van der Waals surface area (Å²) in [4.78, 5) is 14.3. The molecule has 0 aliphatic carbocycles. The molecule has 1 fully saturated rings. The van der Waals surface area contributed by atoms with E-state index in [0.717, 1.165) is 24.2 Å². The van der Waals surface area contributed by atoms with Crippen LogP contribution in [-0.4, -0.2) is 35.5 Å². The molecule has 0 bridgehead atoms. The second-order valence-electron chi connectivity index (χ2n) is 6.36. The number of benzene rings is 1. The van der Waals surface area contributed by atoms with Gasteiger partial charge in [-0.15, -0.1) is 0 Å². The van der Waals surface area contributed by atoms with E-state index in [1.54, 1.807) is 0 Å². The molecule has 0 radical (unpaired) electrons. The maximum atomic E-state index is 12.4. The van der Waals surface area contributed by atoms with Crippen molar-refractivity contribution >= 4 is 5.91 Å². The average molecular weight is 276 g/mol. The summed E-state index contributed by atoms with van der Waals surface area (Å²) in [5, 5.41) is 12.9. The van der Waals surface area contributed by atoms with Crippen molar-refractivity contribution in [1.29, 1.82) is 0 Å². The first kappa shape index (κ1) is 15.0. The van der Waals surface area contributed by atoms with Crippen LogP contribution in [0.25, 0.3) is 0 Å². The highest BCUT2D eigenvalue weighted by Gasteiger charge is 2.31. The second-order valence-corrected chi connectivity index (χ2v) is 6.36. The Bertz CT molecular complexity index is 480. The van der Waals surface area contributed by atoms with Gasteiger partial charge in [-0.1, -0.05) is 45.0 Å². The molecule has 1 amide bonds. The van der Waals surface area contributed by atoms with Gasteiger partial charge in [0.25, 0.3) is 0 Å². The maximum absolute atomic E-state index is 12.4. The molecule has 0 saturated carbocycles. The molecule has 4 nitrogen and oxygen atoms in total. The van der Waals surface area contributed by atoms with Gasteiger partial charge in [0.15, 0.2) is 0 Å². The van der Waals surface area contributed by atoms with Gasteiger partial charge in [-0.3, -0.25) is 4.79 Å². The number of aliphatic hydroxyl groups is 1. The number of aliphatic hydroxyl groups excluding tert-OH is 1. The van der Waals surface area contributed by atoms with Crippen LogP contribution in [0, 0.1) is 5.41 Å². The van der Waals surface area contributed by atoms with Crippen LogP contribution in [0.4, 0.5) is 0 Å². The standard InChI is InChI=1S/C16H24N2O2/c1-16(2,3)15(20)18-9-8-17-14(10-18)13-7-5-4-6-12(13)11-19/h4-7,14,17,19H,8-11H2,1-3H3. The van der Waals surface area contributed by atoms with Crippen molar-refractivity contribution in [3.05, 3.63) is 35.4 Å². The zero-order valence-corrected chi connectivity index (χ0v) is 12.5. The van der Waals surface area contributed by atoms with Crippen molar-refractivity contribution < 1.29 is 9.90 Å². The normalized spacial score (nSPS) is 20.0. The lowest BCUT2D eigenvalue weighted by Gasteiger charge is -2.37. The summed E-state index contributed by atoms with van der Waals surface area (Å²) in [5.41, 5.74) is 1.66. The van der Waals surface area contributed by atoms with Crippen molar-refractivity contribution in [3.63, 3.8) is 0 Å². The summed E-state index contributed by atoms with van der Waals surface area (Å²) in [6, 6.07) is 7.95. The molecular weight excluding hydrogens is 252 g/mol. The fraction of sp³-hybridized carbons (Fsp3) is 0.562. The SMILES string of the molecule is CC(C)(C)C(=O)N1CCNC(c2ccccc2CO)C1. The molecule has 1 aromatic rings. The Kier molecular flexibility index (Phi) is 4.45. The van der Waals surface area contributed by atoms with E-state index in [9.17, 15) is 9.90 Å². The Labute approximate surface area is 120 Å². The Balaban J connectivity index is 2.17. The predicted octanol–water partition coefficient (Wildman–Crippen LogP) is 1.70. The van der Waals surface area contributed by atoms with Crippen molar-refractivity contribution in [2.45, 2.75) is 33.4 Å². The molecule has 0 aromatic heterocycles. The van der Waals surface area contributed by atoms with Crippen molar-refractivity contribution in [2.75, 3.05) is 19.6 Å². The van der Waals surface area contributed by atoms with E-state index in [1.165, 1.54) is 0 Å². The average Bonchev–Trinajstić information content (AvgIpc) is 2.45. The molecular formula is C16H24N2O2. The van der Waals surface area contributed by atoms with Gasteiger partial charge in [0.2, 0.25) is 5.91 Å². The fourth-order valence-corrected chi connectivity index (χ4v) is 2.64. The van der Waals surface area contributed by atoms with Crippen molar-refractivity contribution in [3.8, 4) is 0 Å². The number of carbonyl (C=O) groups is 1. The van der Waals surface area contributed by atoms with Gasteiger partial charge < -0.3 is 15.3 Å². The summed E-state index contributed by atoms with van der Waals surface area (Å²) in [6.45, 7) is 8.07. The van der Waals surface area contributed by atoms with Crippen molar-refractivity contribution in [2.24, 2.45) is 5.41 Å². The summed E-state index contributed by atoms with van der Waals surface area (Å²) in [5.74, 6) is 0.186. The highest BCUT2D eigenvalue weighted by atomic mass is 16.3. The molecule has 1 aliphatic heterocycles. The third-order valence-corrected chi connectivity index (χ3v) is 3.71. The van der Waals surface area contributed by atoms with Crippen LogP contribution in [0.1, 0.15) is 37.9 Å². The van der Waals surface area contributed by atoms with Crippen LogP contribution in [0.15, 0.2) is 24.3 Å². The van der Waals surface area contributed by atoms with Gasteiger partial charge in [0, 0.05) is 25.0 Å². The molecule has 1 aliphatic rings. The minimum atomic E-state index is -0.349. The van der Waals surface area contributed by atoms with Crippen LogP contribution >= 0.6 is 0 Å². The largest absolute Gasteiger partial charge is 0.392 e. The summed E-state index contributed by atoms with van der Waals surface area (Å²) in [6.07, 6.45) is 0. The van der Waals surface area contributed by atoms with Crippen molar-refractivity contribution in [1.82, 2.24) is 10.2 Å². The van der Waals surface area contributed by atoms with Crippen LogP contribution in [0.5, 0.6) is 0 Å². The summed E-state index contributed by atoms with van der Waals surface area (Å²) in [7, 11) is 0. The van der Waals surface area contributed by atoms with E-state index in [0.29, 0.717) is 6.54 Å². The van der Waals surface area contributed by atoms with Gasteiger partial charge in [0.1, 0.15) is 0 Å². The van der Waals surface area contributed by atoms with E-state index in [4.69, 9.17) is 0 Å². The maximum Gasteiger partial charge on any atom is 0.228 e. The van der Waals surface area contributed by atoms with Gasteiger partial charge in [0.05, 0.1) is 12.6 Å². The minimum Gasteiger partial charge on any atom is -0.392 e. The number of hydrogen-bond acceptors (Lipinski definition) is 3. The lowest BCUT2D eigenvalue weighted by Crippen LogP contribution is -2.51. The van der Waals surface area contributed by atoms with E-state index < -0.39 is 0 Å². The molecule has 1 heterocycles.